The summed E-state index contributed by atoms with van der Waals surface area (Å²) in [5, 5.41) is 0. The number of hydrogen-bond donors (Lipinski definition) is 0. The van der Waals surface area contributed by atoms with E-state index in [1.54, 1.807) is 0 Å². The van der Waals surface area contributed by atoms with E-state index in [4.69, 9.17) is 9.15 Å². The molecule has 2 unspecified atom stereocenters. The minimum absolute atomic E-state index is 0.172. The van der Waals surface area contributed by atoms with E-state index in [1.807, 2.05) is 31.9 Å². The summed E-state index contributed by atoms with van der Waals surface area (Å²) in [6.45, 7) is 12.6. The van der Waals surface area contributed by atoms with Crippen molar-refractivity contribution in [3.05, 3.63) is 17.8 Å². The highest BCUT2D eigenvalue weighted by Gasteiger charge is 2.40. The van der Waals surface area contributed by atoms with Crippen molar-refractivity contribution in [2.75, 3.05) is 13.1 Å². The van der Waals surface area contributed by atoms with Crippen LogP contribution in [0.4, 0.5) is 4.79 Å². The van der Waals surface area contributed by atoms with Crippen LogP contribution in [0.5, 0.6) is 0 Å². The molecule has 6 nitrogen and oxygen atoms in total. The van der Waals surface area contributed by atoms with Gasteiger partial charge < -0.3 is 14.1 Å². The van der Waals surface area contributed by atoms with Gasteiger partial charge in [-0.2, -0.15) is 0 Å². The lowest BCUT2D eigenvalue weighted by Gasteiger charge is -2.41. The molecule has 6 heteroatoms. The zero-order valence-electron chi connectivity index (χ0n) is 17.5. The largest absolute Gasteiger partial charge is 0.444 e. The third kappa shape index (κ3) is 5.03. The second kappa shape index (κ2) is 8.21. The number of rotatable bonds is 4. The lowest BCUT2D eigenvalue weighted by atomic mass is 9.94. The number of hydrogen-bond acceptors (Lipinski definition) is 5. The van der Waals surface area contributed by atoms with Gasteiger partial charge in [0.05, 0.1) is 18.8 Å². The average molecular weight is 378 g/mol. The van der Waals surface area contributed by atoms with Crippen LogP contribution in [0.3, 0.4) is 0 Å². The van der Waals surface area contributed by atoms with Gasteiger partial charge in [-0.1, -0.05) is 20.3 Å². The van der Waals surface area contributed by atoms with Gasteiger partial charge in [-0.05, 0) is 53.0 Å². The highest BCUT2D eigenvalue weighted by Crippen LogP contribution is 2.31. The Morgan fingerprint density at radius 3 is 2.63 bits per heavy atom. The molecule has 27 heavy (non-hydrogen) atoms. The monoisotopic (exact) mass is 377 g/mol. The average Bonchev–Trinajstić information content (AvgIpc) is 3.23. The number of likely N-dealkylation sites (tertiary alicyclic amines) is 2. The van der Waals surface area contributed by atoms with Crippen LogP contribution in [-0.2, 0) is 11.3 Å². The molecule has 2 aliphatic heterocycles. The Labute approximate surface area is 163 Å². The van der Waals surface area contributed by atoms with Gasteiger partial charge in [0.2, 0.25) is 5.89 Å². The molecule has 2 aliphatic rings. The zero-order valence-corrected chi connectivity index (χ0v) is 17.5. The highest BCUT2D eigenvalue weighted by atomic mass is 16.6. The maximum absolute atomic E-state index is 12.7. The van der Waals surface area contributed by atoms with Crippen LogP contribution in [0.15, 0.2) is 10.6 Å². The molecule has 2 fully saturated rings. The second-order valence-corrected chi connectivity index (χ2v) is 9.23. The number of nitrogens with zero attached hydrogens (tertiary/aromatic N) is 3. The first-order valence-corrected chi connectivity index (χ1v) is 10.4. The Morgan fingerprint density at radius 1 is 1.22 bits per heavy atom. The van der Waals surface area contributed by atoms with E-state index in [-0.39, 0.29) is 12.1 Å². The maximum Gasteiger partial charge on any atom is 0.410 e. The van der Waals surface area contributed by atoms with Gasteiger partial charge in [0.15, 0.2) is 0 Å². The number of ether oxygens (including phenoxy) is 1. The molecule has 1 amide bonds. The maximum atomic E-state index is 12.7. The molecule has 2 atom stereocenters. The predicted molar refractivity (Wildman–Crippen MR) is 105 cm³/mol. The summed E-state index contributed by atoms with van der Waals surface area (Å²) in [4.78, 5) is 21.6. The minimum atomic E-state index is -0.457. The van der Waals surface area contributed by atoms with E-state index in [1.165, 1.54) is 12.8 Å². The topological polar surface area (TPSA) is 58.8 Å². The molecule has 1 aromatic rings. The van der Waals surface area contributed by atoms with Gasteiger partial charge in [-0.25, -0.2) is 9.78 Å². The summed E-state index contributed by atoms with van der Waals surface area (Å²) in [6.07, 6.45) is 7.28. The smallest absolute Gasteiger partial charge is 0.410 e. The quantitative estimate of drug-likeness (QED) is 0.770. The molecule has 0 radical (unpaired) electrons. The number of amides is 1. The van der Waals surface area contributed by atoms with Crippen LogP contribution in [0.25, 0.3) is 0 Å². The standard InChI is InChI=1S/C21H35N3O3/c1-15(2)18-13-22-19(26-18)14-23-11-7-6-9-16(23)17-10-8-12-24(17)20(25)27-21(3,4)5/h13,15-17H,6-12,14H2,1-5H3. The first-order chi connectivity index (χ1) is 12.7. The molecule has 0 aromatic carbocycles. The van der Waals surface area contributed by atoms with E-state index in [0.717, 1.165) is 50.5 Å². The van der Waals surface area contributed by atoms with Crippen molar-refractivity contribution in [3.63, 3.8) is 0 Å². The Bertz CT molecular complexity index is 635. The molecule has 0 bridgehead atoms. The molecule has 3 rings (SSSR count). The lowest BCUT2D eigenvalue weighted by molar-refractivity contribution is 0.00533. The highest BCUT2D eigenvalue weighted by molar-refractivity contribution is 5.69. The molecule has 0 N–H and O–H groups in total. The van der Waals surface area contributed by atoms with Crippen molar-refractivity contribution in [2.45, 2.75) is 96.9 Å². The second-order valence-electron chi connectivity index (χ2n) is 9.23. The van der Waals surface area contributed by atoms with Gasteiger partial charge in [-0.15, -0.1) is 0 Å². The molecule has 3 heterocycles. The summed E-state index contributed by atoms with van der Waals surface area (Å²) >= 11 is 0. The fourth-order valence-corrected chi connectivity index (χ4v) is 4.23. The number of oxazole rings is 1. The summed E-state index contributed by atoms with van der Waals surface area (Å²) in [5.41, 5.74) is -0.457. The third-order valence-corrected chi connectivity index (χ3v) is 5.51. The molecule has 1 aromatic heterocycles. The normalized spacial score (nSPS) is 24.6. The van der Waals surface area contributed by atoms with Gasteiger partial charge >= 0.3 is 6.09 Å². The van der Waals surface area contributed by atoms with Crippen molar-refractivity contribution >= 4 is 6.09 Å². The number of carbonyl (C=O) groups is 1. The van der Waals surface area contributed by atoms with Crippen molar-refractivity contribution in [3.8, 4) is 0 Å². The molecular formula is C21H35N3O3. The van der Waals surface area contributed by atoms with Gasteiger partial charge in [-0.3, -0.25) is 4.90 Å². The molecular weight excluding hydrogens is 342 g/mol. The van der Waals surface area contributed by atoms with Gasteiger partial charge in [0.1, 0.15) is 11.4 Å². The van der Waals surface area contributed by atoms with E-state index < -0.39 is 5.60 Å². The number of piperidine rings is 1. The lowest BCUT2D eigenvalue weighted by Crippen LogP contribution is -2.53. The summed E-state index contributed by atoms with van der Waals surface area (Å²) in [6, 6.07) is 0.572. The Morgan fingerprint density at radius 2 is 1.96 bits per heavy atom. The first-order valence-electron chi connectivity index (χ1n) is 10.4. The van der Waals surface area contributed by atoms with Crippen molar-refractivity contribution in [1.29, 1.82) is 0 Å². The summed E-state index contributed by atoms with van der Waals surface area (Å²) < 4.78 is 11.6. The molecule has 2 saturated heterocycles. The van der Waals surface area contributed by atoms with Crippen LogP contribution >= 0.6 is 0 Å². The first kappa shape index (κ1) is 20.2. The fourth-order valence-electron chi connectivity index (χ4n) is 4.23. The minimum Gasteiger partial charge on any atom is -0.444 e. The van der Waals surface area contributed by atoms with Gasteiger partial charge in [0.25, 0.3) is 0 Å². The van der Waals surface area contributed by atoms with Crippen LogP contribution in [-0.4, -0.2) is 51.7 Å². The van der Waals surface area contributed by atoms with Crippen LogP contribution in [0.2, 0.25) is 0 Å². The molecule has 0 saturated carbocycles. The van der Waals surface area contributed by atoms with E-state index >= 15 is 0 Å². The van der Waals surface area contributed by atoms with Crippen LogP contribution < -0.4 is 0 Å². The Hall–Kier alpha value is -1.56. The van der Waals surface area contributed by atoms with Crippen molar-refractivity contribution in [2.24, 2.45) is 0 Å². The van der Waals surface area contributed by atoms with Crippen LogP contribution in [0, 0.1) is 0 Å². The Balaban J connectivity index is 1.70. The summed E-state index contributed by atoms with van der Waals surface area (Å²) in [7, 11) is 0. The molecule has 0 spiro atoms. The fraction of sp³-hybridized carbons (Fsp3) is 0.810. The Kier molecular flexibility index (Phi) is 6.14. The summed E-state index contributed by atoms with van der Waals surface area (Å²) in [5.74, 6) is 2.07. The van der Waals surface area contributed by atoms with E-state index in [2.05, 4.69) is 23.7 Å². The third-order valence-electron chi connectivity index (χ3n) is 5.51. The molecule has 0 aliphatic carbocycles. The predicted octanol–water partition coefficient (Wildman–Crippen LogP) is 4.55. The zero-order chi connectivity index (χ0) is 19.6. The number of aromatic nitrogens is 1. The van der Waals surface area contributed by atoms with Crippen molar-refractivity contribution in [1.82, 2.24) is 14.8 Å². The van der Waals surface area contributed by atoms with Gasteiger partial charge in [0, 0.05) is 18.5 Å². The molecule has 152 valence electrons. The number of carbonyl (C=O) groups excluding carboxylic acids is 1. The van der Waals surface area contributed by atoms with E-state index in [0.29, 0.717) is 12.0 Å². The SMILES string of the molecule is CC(C)c1cnc(CN2CCCCC2C2CCCN2C(=O)OC(C)(C)C)o1. The van der Waals surface area contributed by atoms with E-state index in [9.17, 15) is 4.79 Å². The van der Waals surface area contributed by atoms with Crippen LogP contribution in [0.1, 0.15) is 84.3 Å². The van der Waals surface area contributed by atoms with Crippen molar-refractivity contribution < 1.29 is 13.9 Å².